The summed E-state index contributed by atoms with van der Waals surface area (Å²) in [5.74, 6) is -0.264. The van der Waals surface area contributed by atoms with Crippen LogP contribution >= 0.6 is 23.2 Å². The third-order valence-electron chi connectivity index (χ3n) is 5.50. The Kier molecular flexibility index (Phi) is 7.62. The number of sulfonamides is 1. The molecule has 166 valence electrons. The van der Waals surface area contributed by atoms with Crippen LogP contribution in [0.15, 0.2) is 18.2 Å². The molecule has 1 N–H and O–H groups in total. The fourth-order valence-electron chi connectivity index (χ4n) is 3.82. The molecule has 2 fully saturated rings. The molecule has 1 aromatic rings. The summed E-state index contributed by atoms with van der Waals surface area (Å²) in [6.07, 6.45) is 3.68. The number of nitrogens with zero attached hydrogens (tertiary/aromatic N) is 3. The molecule has 0 radical (unpaired) electrons. The van der Waals surface area contributed by atoms with Crippen LogP contribution in [0.2, 0.25) is 10.0 Å². The Balaban J connectivity index is 1.59. The second kappa shape index (κ2) is 9.82. The minimum Gasteiger partial charge on any atom is -0.339 e. The lowest BCUT2D eigenvalue weighted by molar-refractivity contribution is -0.135. The molecule has 8 nitrogen and oxygen atoms in total. The number of likely N-dealkylation sites (tertiary alicyclic amines) is 1. The summed E-state index contributed by atoms with van der Waals surface area (Å²) >= 11 is 11.9. The third kappa shape index (κ3) is 5.85. The molecule has 0 saturated carbocycles. The smallest absolute Gasteiger partial charge is 0.241 e. The molecule has 3 rings (SSSR count). The molecular weight excluding hydrogens is 451 g/mol. The predicted octanol–water partition coefficient (Wildman–Crippen LogP) is 1.89. The maximum absolute atomic E-state index is 12.9. The van der Waals surface area contributed by atoms with Gasteiger partial charge in [0.05, 0.1) is 28.9 Å². The number of benzene rings is 1. The summed E-state index contributed by atoms with van der Waals surface area (Å²) in [6, 6.07) is 4.50. The molecule has 2 aliphatic heterocycles. The summed E-state index contributed by atoms with van der Waals surface area (Å²) in [5, 5.41) is 3.64. The van der Waals surface area contributed by atoms with Crippen LogP contribution in [0, 0.1) is 0 Å². The molecule has 30 heavy (non-hydrogen) atoms. The molecule has 0 aromatic heterocycles. The molecule has 0 spiro atoms. The number of carbonyl (C=O) groups is 2. The highest BCUT2D eigenvalue weighted by atomic mass is 35.5. The van der Waals surface area contributed by atoms with Crippen molar-refractivity contribution in [2.24, 2.45) is 0 Å². The molecule has 0 bridgehead atoms. The van der Waals surface area contributed by atoms with E-state index in [0.29, 0.717) is 54.9 Å². The quantitative estimate of drug-likeness (QED) is 0.700. The van der Waals surface area contributed by atoms with Crippen LogP contribution in [-0.4, -0.2) is 85.9 Å². The molecule has 2 aliphatic rings. The van der Waals surface area contributed by atoms with Gasteiger partial charge in [0.15, 0.2) is 0 Å². The third-order valence-corrected chi connectivity index (χ3v) is 7.54. The molecule has 2 amide bonds. The van der Waals surface area contributed by atoms with Gasteiger partial charge in [-0.15, -0.1) is 0 Å². The Morgan fingerprint density at radius 1 is 1.07 bits per heavy atom. The van der Waals surface area contributed by atoms with Crippen LogP contribution in [0.25, 0.3) is 0 Å². The maximum Gasteiger partial charge on any atom is 0.241 e. The zero-order valence-corrected chi connectivity index (χ0v) is 19.1. The van der Waals surface area contributed by atoms with Crippen molar-refractivity contribution in [2.45, 2.75) is 25.3 Å². The fourth-order valence-corrected chi connectivity index (χ4v) is 4.94. The average Bonchev–Trinajstić information content (AvgIpc) is 2.70. The van der Waals surface area contributed by atoms with Crippen molar-refractivity contribution >= 4 is 50.7 Å². The van der Waals surface area contributed by atoms with E-state index in [2.05, 4.69) is 5.32 Å². The zero-order valence-electron chi connectivity index (χ0n) is 16.8. The summed E-state index contributed by atoms with van der Waals surface area (Å²) in [5.41, 5.74) is 0.558. The number of anilines is 1. The van der Waals surface area contributed by atoms with E-state index in [1.54, 1.807) is 23.1 Å². The number of halogens is 2. The number of piperidine rings is 1. The van der Waals surface area contributed by atoms with Crippen molar-refractivity contribution in [1.82, 2.24) is 14.1 Å². The van der Waals surface area contributed by atoms with Crippen LogP contribution in [0.4, 0.5) is 5.69 Å². The first-order valence-electron chi connectivity index (χ1n) is 9.88. The van der Waals surface area contributed by atoms with Crippen molar-refractivity contribution in [1.29, 1.82) is 0 Å². The lowest BCUT2D eigenvalue weighted by atomic mass is 10.0. The van der Waals surface area contributed by atoms with E-state index in [4.69, 9.17) is 23.2 Å². The van der Waals surface area contributed by atoms with E-state index < -0.39 is 16.1 Å². The molecule has 2 heterocycles. The molecule has 11 heteroatoms. The highest BCUT2D eigenvalue weighted by Gasteiger charge is 2.32. The zero-order chi connectivity index (χ0) is 21.9. The molecule has 2 saturated heterocycles. The van der Waals surface area contributed by atoms with Gasteiger partial charge in [0.1, 0.15) is 0 Å². The van der Waals surface area contributed by atoms with E-state index in [9.17, 15) is 18.0 Å². The summed E-state index contributed by atoms with van der Waals surface area (Å²) < 4.78 is 24.7. The number of piperazine rings is 1. The number of carbonyl (C=O) groups excluding carboxylic acids is 2. The summed E-state index contributed by atoms with van der Waals surface area (Å²) in [6.45, 7) is 2.12. The van der Waals surface area contributed by atoms with Crippen molar-refractivity contribution in [3.8, 4) is 0 Å². The van der Waals surface area contributed by atoms with Crippen LogP contribution in [0.5, 0.6) is 0 Å². The Morgan fingerprint density at radius 3 is 2.40 bits per heavy atom. The van der Waals surface area contributed by atoms with Gasteiger partial charge in [0, 0.05) is 31.9 Å². The van der Waals surface area contributed by atoms with E-state index >= 15 is 0 Å². The Bertz CT molecular complexity index is 904. The lowest BCUT2D eigenvalue weighted by Crippen LogP contribution is -2.55. The van der Waals surface area contributed by atoms with Crippen molar-refractivity contribution in [2.75, 3.05) is 50.8 Å². The van der Waals surface area contributed by atoms with Gasteiger partial charge in [-0.2, -0.15) is 4.31 Å². The normalized spacial score (nSPS) is 21.4. The standard InChI is InChI=1S/C19H26Cl2N4O4S/c1-30(28,29)25-10-8-23(9-11-25)18(26)13-24-7-3-2-4-17(24)19(27)22-14-5-6-15(20)16(21)12-14/h5-6,12,17H,2-4,7-11,13H2,1H3,(H,22,27). The second-order valence-electron chi connectivity index (χ2n) is 7.64. The minimum absolute atomic E-state index is 0.0858. The van der Waals surface area contributed by atoms with Gasteiger partial charge in [-0.1, -0.05) is 29.6 Å². The molecule has 0 aliphatic carbocycles. The molecular formula is C19H26Cl2N4O4S. The van der Waals surface area contributed by atoms with Crippen LogP contribution in [0.1, 0.15) is 19.3 Å². The van der Waals surface area contributed by atoms with Crippen molar-refractivity contribution in [3.63, 3.8) is 0 Å². The fraction of sp³-hybridized carbons (Fsp3) is 0.579. The van der Waals surface area contributed by atoms with Gasteiger partial charge >= 0.3 is 0 Å². The van der Waals surface area contributed by atoms with Gasteiger partial charge < -0.3 is 10.2 Å². The van der Waals surface area contributed by atoms with E-state index in [1.165, 1.54) is 10.6 Å². The summed E-state index contributed by atoms with van der Waals surface area (Å²) in [4.78, 5) is 29.2. The van der Waals surface area contributed by atoms with Crippen LogP contribution < -0.4 is 5.32 Å². The molecule has 1 aromatic carbocycles. The summed E-state index contributed by atoms with van der Waals surface area (Å²) in [7, 11) is -3.24. The van der Waals surface area contributed by atoms with Gasteiger partial charge in [0.2, 0.25) is 21.8 Å². The lowest BCUT2D eigenvalue weighted by Gasteiger charge is -2.37. The maximum atomic E-state index is 12.9. The van der Waals surface area contributed by atoms with E-state index in [-0.39, 0.29) is 18.4 Å². The topological polar surface area (TPSA) is 90.0 Å². The van der Waals surface area contributed by atoms with Crippen molar-refractivity contribution < 1.29 is 18.0 Å². The number of hydrogen-bond acceptors (Lipinski definition) is 5. The SMILES string of the molecule is CS(=O)(=O)N1CCN(C(=O)CN2CCCCC2C(=O)Nc2ccc(Cl)c(Cl)c2)CC1. The number of hydrogen-bond donors (Lipinski definition) is 1. The van der Waals surface area contributed by atoms with Gasteiger partial charge in [0.25, 0.3) is 0 Å². The monoisotopic (exact) mass is 476 g/mol. The molecule has 1 atom stereocenters. The Labute approximate surface area is 187 Å². The first-order valence-corrected chi connectivity index (χ1v) is 12.5. The highest BCUT2D eigenvalue weighted by Crippen LogP contribution is 2.26. The van der Waals surface area contributed by atoms with Gasteiger partial charge in [-0.05, 0) is 37.6 Å². The predicted molar refractivity (Wildman–Crippen MR) is 117 cm³/mol. The number of amides is 2. The first-order chi connectivity index (χ1) is 14.1. The molecule has 1 unspecified atom stereocenters. The van der Waals surface area contributed by atoms with Crippen molar-refractivity contribution in [3.05, 3.63) is 28.2 Å². The Morgan fingerprint density at radius 2 is 1.77 bits per heavy atom. The minimum atomic E-state index is -3.24. The van der Waals surface area contributed by atoms with Crippen LogP contribution in [-0.2, 0) is 19.6 Å². The van der Waals surface area contributed by atoms with Gasteiger partial charge in [-0.3, -0.25) is 14.5 Å². The van der Waals surface area contributed by atoms with E-state index in [1.807, 2.05) is 4.90 Å². The van der Waals surface area contributed by atoms with Gasteiger partial charge in [-0.25, -0.2) is 8.42 Å². The number of nitrogens with one attached hydrogen (secondary N) is 1. The largest absolute Gasteiger partial charge is 0.339 e. The highest BCUT2D eigenvalue weighted by molar-refractivity contribution is 7.88. The first kappa shape index (κ1) is 23.3. The second-order valence-corrected chi connectivity index (χ2v) is 10.4. The number of rotatable bonds is 5. The van der Waals surface area contributed by atoms with Crippen LogP contribution in [0.3, 0.4) is 0 Å². The average molecular weight is 477 g/mol. The Hall–Kier alpha value is -1.39. The van der Waals surface area contributed by atoms with E-state index in [0.717, 1.165) is 12.8 Å².